The Hall–Kier alpha value is -5.78. The molecule has 5 N–H and O–H groups in total. The highest BCUT2D eigenvalue weighted by molar-refractivity contribution is 7.13. The number of piperazine rings is 1. The first kappa shape index (κ1) is 55.5. The summed E-state index contributed by atoms with van der Waals surface area (Å²) in [5.74, 6) is -0.238. The first-order valence-electron chi connectivity index (χ1n) is 27.9. The molecule has 3 aromatic heterocycles. The number of aromatic hydroxyl groups is 1. The summed E-state index contributed by atoms with van der Waals surface area (Å²) in [4.78, 5) is 44.5. The number of phenolic OH excluding ortho intramolecular Hbond substituents is 1. The maximum atomic E-state index is 14.2. The largest absolute Gasteiger partial charge is 0.507 e. The number of piperidine rings is 1. The number of aryl methyl sites for hydroxylation is 1. The van der Waals surface area contributed by atoms with Crippen molar-refractivity contribution in [1.29, 1.82) is 0 Å². The number of rotatable bonds is 21. The Bertz CT molecular complexity index is 2780. The van der Waals surface area contributed by atoms with E-state index in [1.165, 1.54) is 4.90 Å². The Morgan fingerprint density at radius 3 is 2.24 bits per heavy atom. The number of morpholine rings is 1. The minimum atomic E-state index is -0.822. The van der Waals surface area contributed by atoms with Crippen molar-refractivity contribution in [3.63, 3.8) is 0 Å². The van der Waals surface area contributed by atoms with Crippen molar-refractivity contribution < 1.29 is 43.3 Å². The van der Waals surface area contributed by atoms with Gasteiger partial charge in [0.15, 0.2) is 11.6 Å². The monoisotopic (exact) mass is 1090 g/mol. The molecular formula is C57H77N11O9S. The summed E-state index contributed by atoms with van der Waals surface area (Å²) in [6, 6.07) is 17.7. The number of carbonyl (C=O) groups excluding carboxylic acids is 2. The summed E-state index contributed by atoms with van der Waals surface area (Å²) in [6.07, 6.45) is 3.46. The van der Waals surface area contributed by atoms with Gasteiger partial charge in [-0.2, -0.15) is 0 Å². The van der Waals surface area contributed by atoms with E-state index in [9.17, 15) is 19.8 Å². The van der Waals surface area contributed by atoms with E-state index in [1.807, 2.05) is 75.7 Å². The second kappa shape index (κ2) is 25.1. The lowest BCUT2D eigenvalue weighted by Crippen LogP contribution is -2.57. The molecule has 20 nitrogen and oxygen atoms in total. The molecule has 420 valence electrons. The van der Waals surface area contributed by atoms with Crippen LogP contribution in [0.5, 0.6) is 11.6 Å². The number of nitrogens with zero attached hydrogens (tertiary/aromatic N) is 9. The number of nitrogens with one attached hydrogen (secondary N) is 1. The average Bonchev–Trinajstić information content (AvgIpc) is 4.22. The fourth-order valence-electron chi connectivity index (χ4n) is 11.6. The van der Waals surface area contributed by atoms with Gasteiger partial charge in [-0.25, -0.2) is 4.98 Å². The van der Waals surface area contributed by atoms with E-state index in [1.54, 1.807) is 29.5 Å². The third kappa shape index (κ3) is 13.3. The van der Waals surface area contributed by atoms with Crippen LogP contribution in [-0.2, 0) is 23.8 Å². The molecule has 1 aliphatic carbocycles. The van der Waals surface area contributed by atoms with E-state index >= 15 is 0 Å². The molecule has 1 spiro atoms. The van der Waals surface area contributed by atoms with Crippen molar-refractivity contribution in [3.05, 3.63) is 83.2 Å². The number of aromatic nitrogens is 4. The summed E-state index contributed by atoms with van der Waals surface area (Å²) in [7, 11) is 0. The van der Waals surface area contributed by atoms with Gasteiger partial charge >= 0.3 is 0 Å². The van der Waals surface area contributed by atoms with Crippen molar-refractivity contribution in [2.45, 2.75) is 102 Å². The Labute approximate surface area is 461 Å². The summed E-state index contributed by atoms with van der Waals surface area (Å²) >= 11 is 1.59. The average molecular weight is 1090 g/mol. The summed E-state index contributed by atoms with van der Waals surface area (Å²) in [5.41, 5.74) is 13.0. The predicted molar refractivity (Wildman–Crippen MR) is 296 cm³/mol. The highest BCUT2D eigenvalue weighted by Gasteiger charge is 2.44. The molecule has 5 aliphatic rings. The lowest BCUT2D eigenvalue weighted by molar-refractivity contribution is -0.141. The van der Waals surface area contributed by atoms with Crippen LogP contribution in [0.15, 0.2) is 70.7 Å². The Kier molecular flexibility index (Phi) is 17.9. The first-order chi connectivity index (χ1) is 37.8. The van der Waals surface area contributed by atoms with Crippen LogP contribution in [0.25, 0.3) is 21.7 Å². The van der Waals surface area contributed by atoms with Gasteiger partial charge in [-0.3, -0.25) is 24.3 Å². The van der Waals surface area contributed by atoms with Crippen LogP contribution < -0.4 is 20.7 Å². The van der Waals surface area contributed by atoms with E-state index in [-0.39, 0.29) is 60.3 Å². The number of hydrogen-bond donors (Lipinski definition) is 4. The van der Waals surface area contributed by atoms with Gasteiger partial charge in [-0.15, -0.1) is 21.5 Å². The summed E-state index contributed by atoms with van der Waals surface area (Å²) in [5, 5.41) is 36.8. The van der Waals surface area contributed by atoms with Crippen LogP contribution in [0, 0.1) is 12.8 Å². The third-order valence-corrected chi connectivity index (χ3v) is 17.4. The zero-order valence-electron chi connectivity index (χ0n) is 45.5. The molecule has 2 amide bonds. The Balaban J connectivity index is 0.583. The maximum absolute atomic E-state index is 14.2. The molecule has 0 unspecified atom stereocenters. The van der Waals surface area contributed by atoms with Gasteiger partial charge < -0.3 is 54.5 Å². The Morgan fingerprint density at radius 2 is 1.56 bits per heavy atom. The van der Waals surface area contributed by atoms with E-state index in [0.29, 0.717) is 55.1 Å². The number of aliphatic hydroxyl groups excluding tert-OH is 1. The second-order valence-electron chi connectivity index (χ2n) is 22.1. The number of likely N-dealkylation sites (tertiary alicyclic amines) is 1. The number of hydrogen-bond acceptors (Lipinski definition) is 19. The van der Waals surface area contributed by atoms with Crippen LogP contribution >= 0.6 is 11.3 Å². The number of benzene rings is 2. The number of ether oxygens (including phenoxy) is 4. The molecule has 7 heterocycles. The maximum Gasteiger partial charge on any atom is 0.254 e. The second-order valence-corrected chi connectivity index (χ2v) is 23.0. The van der Waals surface area contributed by atoms with E-state index < -0.39 is 18.1 Å². The van der Waals surface area contributed by atoms with Gasteiger partial charge in [0.2, 0.25) is 11.8 Å². The molecule has 5 aromatic rings. The molecule has 0 bridgehead atoms. The number of β-amino-alcohol motifs (C(OH)–C–C–N with tert-alkyl or cyclic N) is 1. The predicted octanol–water partition coefficient (Wildman–Crippen LogP) is 5.36. The van der Waals surface area contributed by atoms with Crippen molar-refractivity contribution in [2.24, 2.45) is 5.92 Å². The van der Waals surface area contributed by atoms with Gasteiger partial charge in [0.1, 0.15) is 24.3 Å². The van der Waals surface area contributed by atoms with E-state index in [2.05, 4.69) is 45.3 Å². The first-order valence-corrected chi connectivity index (χ1v) is 28.8. The molecule has 78 heavy (non-hydrogen) atoms. The summed E-state index contributed by atoms with van der Waals surface area (Å²) in [6.45, 7) is 20.0. The highest BCUT2D eigenvalue weighted by atomic mass is 32.1. The number of anilines is 2. The smallest absolute Gasteiger partial charge is 0.254 e. The standard InChI is InChI=1S/C57H77N11O9S/c1-37(2)52(56(72)68-34-42(69)29-48(68)55(71)60-38(3)40-9-11-41(12-10-40)53-39(4)59-36-78-53)50-33-51(63-77-50)75-27-22-65-19-17-64(18-20-65)21-25-73-43-30-44(31-43)74-26-23-66-24-28-76-57(35-66)13-15-67(16-14-57)47-32-46(61-62-54(47)58)45-7-5-6-8-49(45)70/h5-12,32-33,36-38,42-44,48,52,69-70H,13-31,34-35H2,1-4H3,(H2,58,62)(H,60,71)/t38-,42+,43-,44-,48-,52+/m0/s1. The molecule has 4 saturated heterocycles. The molecular weight excluding hydrogens is 1010 g/mol. The van der Waals surface area contributed by atoms with Crippen LogP contribution in [0.4, 0.5) is 11.5 Å². The van der Waals surface area contributed by atoms with E-state index in [0.717, 1.165) is 125 Å². The third-order valence-electron chi connectivity index (χ3n) is 16.4. The molecule has 21 heteroatoms. The number of phenols is 1. The number of aliphatic hydroxyl groups is 1. The van der Waals surface area contributed by atoms with Gasteiger partial charge in [0.25, 0.3) is 5.88 Å². The van der Waals surface area contributed by atoms with Crippen LogP contribution in [-0.4, -0.2) is 197 Å². The minimum Gasteiger partial charge on any atom is -0.507 e. The molecule has 10 rings (SSSR count). The molecule has 4 aliphatic heterocycles. The van der Waals surface area contributed by atoms with Gasteiger partial charge in [0, 0.05) is 96.6 Å². The number of carbonyl (C=O) groups is 2. The fraction of sp³-hybridized carbons (Fsp3) is 0.579. The molecule has 2 aromatic carbocycles. The number of nitrogen functional groups attached to an aromatic ring is 1. The SMILES string of the molecule is Cc1ncsc1-c1ccc([C@H](C)NC(=O)[C@@H]2C[C@@H](O)CN2C(=O)[C@@H](c2cc(OCCN3CCN(CCO[C@H]4C[C@H](OCCN5CCOC6(CCN(c7cc(-c8ccccc8O)nnc7N)CC6)C5)C4)CC3)no2)C(C)C)cc1. The number of amides is 2. The topological polar surface area (TPSA) is 230 Å². The fourth-order valence-corrected chi connectivity index (χ4v) is 12.5. The van der Waals surface area contributed by atoms with Crippen LogP contribution in [0.1, 0.15) is 81.9 Å². The molecule has 0 radical (unpaired) electrons. The van der Waals surface area contributed by atoms with Crippen LogP contribution in [0.3, 0.4) is 0 Å². The number of nitrogens with two attached hydrogens (primary N) is 1. The van der Waals surface area contributed by atoms with Gasteiger partial charge in [0.05, 0.1) is 77.2 Å². The molecule has 5 fully saturated rings. The van der Waals surface area contributed by atoms with E-state index in [4.69, 9.17) is 29.2 Å². The normalized spacial score (nSPS) is 22.9. The van der Waals surface area contributed by atoms with Crippen molar-refractivity contribution in [3.8, 4) is 33.3 Å². The van der Waals surface area contributed by atoms with Crippen molar-refractivity contribution in [1.82, 2.24) is 45.3 Å². The number of thiazole rings is 1. The lowest BCUT2D eigenvalue weighted by atomic mass is 9.89. The van der Waals surface area contributed by atoms with Gasteiger partial charge in [-0.05, 0) is 79.9 Å². The molecule has 1 saturated carbocycles. The molecule has 4 atom stereocenters. The van der Waals surface area contributed by atoms with Gasteiger partial charge in [-0.1, -0.05) is 50.2 Å². The van der Waals surface area contributed by atoms with Crippen molar-refractivity contribution in [2.75, 3.05) is 116 Å². The summed E-state index contributed by atoms with van der Waals surface area (Å²) < 4.78 is 30.8. The number of para-hydroxylation sites is 1. The lowest BCUT2D eigenvalue weighted by Gasteiger charge is -2.48. The van der Waals surface area contributed by atoms with Crippen LogP contribution in [0.2, 0.25) is 0 Å². The zero-order valence-corrected chi connectivity index (χ0v) is 46.3. The minimum absolute atomic E-state index is 0.0592. The Morgan fingerprint density at radius 1 is 0.872 bits per heavy atom. The quantitative estimate of drug-likeness (QED) is 0.0725. The van der Waals surface area contributed by atoms with Crippen molar-refractivity contribution >= 4 is 34.7 Å². The highest BCUT2D eigenvalue weighted by Crippen LogP contribution is 2.38. The zero-order chi connectivity index (χ0) is 54.3.